The van der Waals surface area contributed by atoms with Crippen LogP contribution in [0.4, 0.5) is 5.69 Å². The third-order valence-electron chi connectivity index (χ3n) is 4.65. The van der Waals surface area contributed by atoms with E-state index in [1.165, 1.54) is 40.7 Å². The van der Waals surface area contributed by atoms with Crippen molar-refractivity contribution in [2.24, 2.45) is 0 Å². The molecule has 1 amide bonds. The van der Waals surface area contributed by atoms with Gasteiger partial charge in [-0.15, -0.1) is 0 Å². The van der Waals surface area contributed by atoms with E-state index in [-0.39, 0.29) is 46.3 Å². The van der Waals surface area contributed by atoms with Crippen molar-refractivity contribution in [2.75, 3.05) is 24.7 Å². The fourth-order valence-electron chi connectivity index (χ4n) is 3.36. The lowest BCUT2D eigenvalue weighted by Crippen LogP contribution is -2.48. The maximum Gasteiger partial charge on any atom is 0.255 e. The van der Waals surface area contributed by atoms with Crippen molar-refractivity contribution >= 4 is 31.5 Å². The lowest BCUT2D eigenvalue weighted by atomic mass is 10.2. The topological polar surface area (TPSA) is 110 Å². The average molecular weight is 453 g/mol. The molecule has 8 nitrogen and oxygen atoms in total. The Morgan fingerprint density at radius 3 is 2.27 bits per heavy atom. The molecule has 1 heterocycles. The van der Waals surface area contributed by atoms with Crippen LogP contribution in [-0.4, -0.2) is 58.6 Å². The number of rotatable bonds is 5. The van der Waals surface area contributed by atoms with E-state index >= 15 is 0 Å². The molecule has 0 bridgehead atoms. The Kier molecular flexibility index (Phi) is 6.32. The lowest BCUT2D eigenvalue weighted by Gasteiger charge is -2.34. The van der Waals surface area contributed by atoms with Gasteiger partial charge in [0.1, 0.15) is 0 Å². The monoisotopic (exact) mass is 452 g/mol. The maximum absolute atomic E-state index is 13.1. The molecule has 2 unspecified atom stereocenters. The molecular formula is C20H24N2O6S2. The summed E-state index contributed by atoms with van der Waals surface area (Å²) in [4.78, 5) is 12.7. The van der Waals surface area contributed by atoms with Gasteiger partial charge in [0.2, 0.25) is 10.0 Å². The van der Waals surface area contributed by atoms with Crippen LogP contribution in [0.15, 0.2) is 58.3 Å². The van der Waals surface area contributed by atoms with Crippen molar-refractivity contribution in [3.05, 3.63) is 54.1 Å². The Labute approximate surface area is 176 Å². The number of anilines is 1. The SMILES string of the molecule is CC1CN(S(=O)(=O)c2cccc(C(=O)Nc3ccccc3S(C)(=O)=O)c2)CC(C)O1. The summed E-state index contributed by atoms with van der Waals surface area (Å²) in [6.45, 7) is 4.07. The minimum Gasteiger partial charge on any atom is -0.373 e. The lowest BCUT2D eigenvalue weighted by molar-refractivity contribution is -0.0440. The fourth-order valence-corrected chi connectivity index (χ4v) is 5.84. The van der Waals surface area contributed by atoms with Crippen LogP contribution in [0.1, 0.15) is 24.2 Å². The maximum atomic E-state index is 13.1. The number of nitrogens with one attached hydrogen (secondary N) is 1. The highest BCUT2D eigenvalue weighted by Gasteiger charge is 2.32. The van der Waals surface area contributed by atoms with E-state index in [9.17, 15) is 21.6 Å². The van der Waals surface area contributed by atoms with E-state index in [0.717, 1.165) is 6.26 Å². The summed E-state index contributed by atoms with van der Waals surface area (Å²) in [5.41, 5.74) is 0.239. The van der Waals surface area contributed by atoms with Gasteiger partial charge < -0.3 is 10.1 Å². The Balaban J connectivity index is 1.88. The molecule has 2 aromatic carbocycles. The van der Waals surface area contributed by atoms with Crippen molar-refractivity contribution in [1.29, 1.82) is 0 Å². The van der Waals surface area contributed by atoms with Crippen molar-refractivity contribution < 1.29 is 26.4 Å². The molecule has 0 aromatic heterocycles. The molecule has 162 valence electrons. The van der Waals surface area contributed by atoms with Crippen molar-refractivity contribution in [2.45, 2.75) is 35.8 Å². The van der Waals surface area contributed by atoms with E-state index in [4.69, 9.17) is 4.74 Å². The van der Waals surface area contributed by atoms with E-state index < -0.39 is 25.8 Å². The number of para-hydroxylation sites is 1. The summed E-state index contributed by atoms with van der Waals surface area (Å²) in [7, 11) is -7.36. The molecule has 1 N–H and O–H groups in total. The molecule has 0 spiro atoms. The zero-order valence-corrected chi connectivity index (χ0v) is 18.5. The first-order chi connectivity index (χ1) is 14.0. The largest absolute Gasteiger partial charge is 0.373 e. The summed E-state index contributed by atoms with van der Waals surface area (Å²) in [5, 5.41) is 2.56. The molecule has 10 heteroatoms. The van der Waals surface area contributed by atoms with E-state index in [1.54, 1.807) is 26.0 Å². The number of sulfone groups is 1. The highest BCUT2D eigenvalue weighted by atomic mass is 32.2. The molecule has 1 fully saturated rings. The van der Waals surface area contributed by atoms with Crippen LogP contribution in [0.2, 0.25) is 0 Å². The number of carbonyl (C=O) groups is 1. The number of hydrogen-bond acceptors (Lipinski definition) is 6. The van der Waals surface area contributed by atoms with Crippen molar-refractivity contribution in [1.82, 2.24) is 4.31 Å². The summed E-state index contributed by atoms with van der Waals surface area (Å²) >= 11 is 0. The number of ether oxygens (including phenoxy) is 1. The molecule has 1 aliphatic heterocycles. The molecule has 0 radical (unpaired) electrons. The van der Waals surface area contributed by atoms with Crippen LogP contribution in [0.25, 0.3) is 0 Å². The Bertz CT molecular complexity index is 1150. The summed E-state index contributed by atoms with van der Waals surface area (Å²) in [5.74, 6) is -0.605. The number of amides is 1. The van der Waals surface area contributed by atoms with Gasteiger partial charge in [0, 0.05) is 24.9 Å². The number of carbonyl (C=O) groups excluding carboxylic acids is 1. The van der Waals surface area contributed by atoms with Gasteiger partial charge in [-0.1, -0.05) is 18.2 Å². The fraction of sp³-hybridized carbons (Fsp3) is 0.350. The summed E-state index contributed by atoms with van der Waals surface area (Å²) in [6, 6.07) is 11.7. The molecule has 1 aliphatic rings. The minimum atomic E-state index is -3.81. The molecule has 1 saturated heterocycles. The third-order valence-corrected chi connectivity index (χ3v) is 7.64. The second kappa shape index (κ2) is 8.46. The predicted octanol–water partition coefficient (Wildman–Crippen LogP) is 2.14. The van der Waals surface area contributed by atoms with Gasteiger partial charge in [0.25, 0.3) is 5.91 Å². The Morgan fingerprint density at radius 1 is 1.00 bits per heavy atom. The second-order valence-corrected chi connectivity index (χ2v) is 11.3. The molecule has 2 atom stereocenters. The van der Waals surface area contributed by atoms with E-state index in [0.29, 0.717) is 0 Å². The predicted molar refractivity (Wildman–Crippen MR) is 113 cm³/mol. The third kappa shape index (κ3) is 4.89. The summed E-state index contributed by atoms with van der Waals surface area (Å²) < 4.78 is 56.9. The number of nitrogens with zero attached hydrogens (tertiary/aromatic N) is 1. The Hall–Kier alpha value is -2.27. The normalized spacial score (nSPS) is 20.6. The second-order valence-electron chi connectivity index (χ2n) is 7.33. The molecule has 2 aromatic rings. The van der Waals surface area contributed by atoms with Gasteiger partial charge in [-0.3, -0.25) is 4.79 Å². The van der Waals surface area contributed by atoms with Gasteiger partial charge in [-0.2, -0.15) is 4.31 Å². The van der Waals surface area contributed by atoms with E-state index in [1.807, 2.05) is 0 Å². The minimum absolute atomic E-state index is 0.00662. The van der Waals surface area contributed by atoms with E-state index in [2.05, 4.69) is 5.32 Å². The Morgan fingerprint density at radius 2 is 1.63 bits per heavy atom. The molecule has 30 heavy (non-hydrogen) atoms. The number of benzene rings is 2. The average Bonchev–Trinajstić information content (AvgIpc) is 2.67. The smallest absolute Gasteiger partial charge is 0.255 e. The molecule has 0 saturated carbocycles. The van der Waals surface area contributed by atoms with Crippen LogP contribution in [-0.2, 0) is 24.6 Å². The molecule has 0 aliphatic carbocycles. The van der Waals surface area contributed by atoms with Gasteiger partial charge in [-0.25, -0.2) is 16.8 Å². The van der Waals surface area contributed by atoms with Gasteiger partial charge >= 0.3 is 0 Å². The quantitative estimate of drug-likeness (QED) is 0.744. The van der Waals surface area contributed by atoms with Gasteiger partial charge in [0.05, 0.1) is 27.7 Å². The van der Waals surface area contributed by atoms with Crippen molar-refractivity contribution in [3.63, 3.8) is 0 Å². The first-order valence-corrected chi connectivity index (χ1v) is 12.7. The number of morpholine rings is 1. The van der Waals surface area contributed by atoms with Crippen LogP contribution < -0.4 is 5.32 Å². The highest BCUT2D eigenvalue weighted by Crippen LogP contribution is 2.24. The number of sulfonamides is 1. The number of hydrogen-bond donors (Lipinski definition) is 1. The standard InChI is InChI=1S/C20H24N2O6S2/c1-14-12-22(13-15(2)28-14)30(26,27)17-8-6-7-16(11-17)20(23)21-18-9-4-5-10-19(18)29(3,24)25/h4-11,14-15H,12-13H2,1-3H3,(H,21,23). The van der Waals surface area contributed by atoms with Crippen molar-refractivity contribution in [3.8, 4) is 0 Å². The molecular weight excluding hydrogens is 428 g/mol. The molecule has 3 rings (SSSR count). The first kappa shape index (κ1) is 22.4. The van der Waals surface area contributed by atoms with Crippen LogP contribution >= 0.6 is 0 Å². The van der Waals surface area contributed by atoms with Crippen LogP contribution in [0, 0.1) is 0 Å². The zero-order valence-electron chi connectivity index (χ0n) is 16.9. The van der Waals surface area contributed by atoms with Gasteiger partial charge in [0.15, 0.2) is 9.84 Å². The van der Waals surface area contributed by atoms with Gasteiger partial charge in [-0.05, 0) is 44.2 Å². The first-order valence-electron chi connectivity index (χ1n) is 9.34. The highest BCUT2D eigenvalue weighted by molar-refractivity contribution is 7.91. The summed E-state index contributed by atoms with van der Waals surface area (Å²) in [6.07, 6.45) is 0.584. The van der Waals surface area contributed by atoms with Crippen LogP contribution in [0.3, 0.4) is 0 Å². The zero-order chi connectivity index (χ0) is 22.1. The van der Waals surface area contributed by atoms with Crippen LogP contribution in [0.5, 0.6) is 0 Å².